The molecule has 66 spiro atoms. The summed E-state index contributed by atoms with van der Waals surface area (Å²) in [5, 5.41) is 0. The minimum Gasteiger partial charge on any atom is -0.0458 e. The van der Waals surface area contributed by atoms with Crippen molar-refractivity contribution in [3.05, 3.63) is 130 Å². The zero-order chi connectivity index (χ0) is 76.2. The molecule has 140 heavy (non-hydrogen) atoms. The number of hydrogen-bond acceptors (Lipinski definition) is 0. The lowest BCUT2D eigenvalue weighted by atomic mass is 8.40. The van der Waals surface area contributed by atoms with Crippen LogP contribution in [0, 0.1) is 772 Å². The van der Waals surface area contributed by atoms with Gasteiger partial charge in [0.15, 0.2) is 0 Å². The molecule has 132 atom stereocenters. The third-order valence-corrected chi connectivity index (χ3v) is 124. The van der Waals surface area contributed by atoms with Crippen molar-refractivity contribution in [2.45, 2.75) is 25.7 Å². The lowest BCUT2D eigenvalue weighted by molar-refractivity contribution is -1.16. The molecule has 0 nitrogen and oxygen atoms in total. The molecule has 0 bridgehead atoms. The maximum absolute atomic E-state index is 1.85. The Bertz CT molecular complexity index is 9590. The highest BCUT2D eigenvalue weighted by molar-refractivity contribution is 6.63. The Labute approximate surface area is 791 Å². The van der Waals surface area contributed by atoms with E-state index in [1.54, 1.807) is 0 Å². The summed E-state index contributed by atoms with van der Waals surface area (Å²) in [6.07, 6.45) is 7.41. The number of hydrogen-bond donors (Lipinski definition) is 0. The SMILES string of the molecule is C1C2C3CC4C5C6C7C8C9C%10C%11C%12C%13C%14C%15C%16C%17C%18C%19C%20C%21C%22C%23C%24C%25C%26C%27C%28C%29C%30C%31C%32C%33C%34C%35C%36CC%37C%38CC%39C%40C%41C%42C%43C%44C%45C%46C%47C%48C%49C%50C%51C%52C%53C%54C%55C%56C%57C%58C%59C%60C%61C%62C%63C%64C%65C%66C%67C%68C%69C%70C1C21C34C52C%701C%691C62C72C%681C%671C82C92C%661C%651C%102C%112C%641C%631C%122C%132C%621C%611C%142C%152C%601C%591C%162C%172C%581C%571C%182C%192C%561C%551C%543C%534C%525C%516C%507C%498C%489C%47%10C%46%11C%45%12C%44%13C%43%14C%42%15C%41%16C%40%17C%38%39C%37%36C%35%17C%34%16C%33%15C%32%14C%31%13C%30%12C%29%11C%28%10C%279C%268C%257C%246C%235C%224C%213C%2021. The minimum atomic E-state index is 1.09. The molecule has 0 N–H and O–H groups in total. The molecule has 0 amide bonds. The van der Waals surface area contributed by atoms with Crippen LogP contribution in [0.1, 0.15) is 25.7 Å². The van der Waals surface area contributed by atoms with Crippen molar-refractivity contribution in [2.24, 2.45) is 642 Å². The van der Waals surface area contributed by atoms with E-state index >= 15 is 0 Å². The molecule has 0 aromatic carbocycles. The summed E-state index contributed by atoms with van der Waals surface area (Å²) in [4.78, 5) is 0. The Morgan fingerprint density at radius 1 is 0.0571 bits per heavy atom. The summed E-state index contributed by atoms with van der Waals surface area (Å²) < 4.78 is 0. The third kappa shape index (κ3) is 1.05. The number of rotatable bonds is 0. The van der Waals surface area contributed by atoms with E-state index in [-0.39, 0.29) is 0 Å². The van der Waals surface area contributed by atoms with Crippen molar-refractivity contribution in [3.63, 3.8) is 0 Å². The Morgan fingerprint density at radius 2 is 0.114 bits per heavy atom. The highest BCUT2D eigenvalue weighted by atomic mass is 15.7. The van der Waals surface area contributed by atoms with Gasteiger partial charge in [-0.2, -0.15) is 0 Å². The highest BCUT2D eigenvalue weighted by Gasteiger charge is 3.72. The van der Waals surface area contributed by atoms with E-state index < -0.39 is 0 Å². The van der Waals surface area contributed by atoms with Gasteiger partial charge in [0, 0.05) is 0 Å². The van der Waals surface area contributed by atoms with Gasteiger partial charge < -0.3 is 0 Å². The predicted octanol–water partition coefficient (Wildman–Crippen LogP) is 12.1. The molecule has 102 rings (SSSR count). The first kappa shape index (κ1) is 46.6. The van der Waals surface area contributed by atoms with E-state index in [9.17, 15) is 0 Å². The van der Waals surface area contributed by atoms with Gasteiger partial charge in [0.25, 0.3) is 0 Å². The van der Waals surface area contributed by atoms with E-state index in [2.05, 4.69) is 0 Å². The van der Waals surface area contributed by atoms with Crippen molar-refractivity contribution in [1.29, 1.82) is 0 Å². The Morgan fingerprint density at radius 3 is 0.186 bits per heavy atom. The zero-order valence-electron chi connectivity index (χ0n) is 76.2. The second-order valence-electron chi connectivity index (χ2n) is 92.0. The van der Waals surface area contributed by atoms with Gasteiger partial charge in [-0.25, -0.2) is 0 Å². The van der Waals surface area contributed by atoms with Crippen molar-refractivity contribution < 1.29 is 0 Å². The van der Waals surface area contributed by atoms with Crippen LogP contribution in [0.3, 0.4) is 0 Å². The van der Waals surface area contributed by atoms with Crippen molar-refractivity contribution in [1.82, 2.24) is 0 Å². The number of fused-ring (bicyclic) bond motifs is 66. The van der Waals surface area contributed by atoms with Crippen LogP contribution in [0.25, 0.3) is 0 Å². The molecule has 102 fully saturated rings. The van der Waals surface area contributed by atoms with Crippen LogP contribution in [0.5, 0.6) is 0 Å². The molecule has 102 saturated carbocycles. The Balaban J connectivity index is 0.327. The average molecular weight is 1760 g/mol. The summed E-state index contributed by atoms with van der Waals surface area (Å²) >= 11 is 0. The first-order chi connectivity index (χ1) is 69.7. The van der Waals surface area contributed by atoms with Gasteiger partial charge in [-0.3, -0.25) is 0 Å². The van der Waals surface area contributed by atoms with Gasteiger partial charge in [-0.15, -0.1) is 0 Å². The molecular formula is C140H78. The van der Waals surface area contributed by atoms with Gasteiger partial charge >= 0.3 is 0 Å². The standard InChI is InChI=1S/C140H78/c1-5-6-2-10-14-18-22-26-30-34-38-42-46-50-54-58-62-66-71-74-72-68-64-60-56-52-48-44-40-36-32-28-24-20-16-12-4-8-7-3-11-15-19-23-27-31-35-39-43-47-51-55-59-63-67-70-73-69-65-61-57-53-49-45-41-37-33-29-25-21-17-13-9(1)75(5)76(6,10)80(14)79(13,75)83(17)84(18,80)88(22)87(21,83)91(25)92(26,88)96(30)95(29,91)99(33)100(34,96)104(38)103(37,99)107(41)108(42,104)112(46)111(45,107)115(49)116(50,112)120(54)119(53,115)123(57)124(58,120)128(62)127(61,123)131(65)132(66,128)136(71)135(69,131)139(73)137(70)133(67)129(63)125(59)121(55)117(51)113(47)109(43)105(39)101(35)97(31)93(27)89(23)85(19)81(15)77(7,11)78(8,12)82(16,81)86(20,85)90(24,89)94(28,93)98(32,97)102(36,101)106(40,105)110(44,109)114(48,113)118(52,117)122(56,121)126(60,125)130(64,129)134(68,133)138(72,137)140(74,136)139/h5-74H,1-4H2. The van der Waals surface area contributed by atoms with E-state index in [1.165, 1.54) is 414 Å². The lowest BCUT2D eigenvalue weighted by Gasteiger charge is -3.62. The fourth-order valence-corrected chi connectivity index (χ4v) is 159. The second kappa shape index (κ2) is 7.11. The van der Waals surface area contributed by atoms with Crippen molar-refractivity contribution in [3.8, 4) is 0 Å². The lowest BCUT2D eigenvalue weighted by Crippen LogP contribution is -3.60. The molecule has 0 radical (unpaired) electrons. The third-order valence-electron chi connectivity index (χ3n) is 124. The largest absolute Gasteiger partial charge is 0.0458 e. The van der Waals surface area contributed by atoms with Crippen molar-refractivity contribution >= 4 is 0 Å². The summed E-state index contributed by atoms with van der Waals surface area (Å²) in [7, 11) is 0. The van der Waals surface area contributed by atoms with Gasteiger partial charge in [-0.1, -0.05) is 0 Å². The molecule has 102 aliphatic carbocycles. The Hall–Kier alpha value is 0. The molecule has 0 heterocycles. The fourth-order valence-electron chi connectivity index (χ4n) is 159. The average Bonchev–Trinajstić information content (AvgIpc) is 0.428. The van der Waals surface area contributed by atoms with Gasteiger partial charge in [0.05, 0.1) is 0 Å². The molecular weight excluding hydrogens is 1680 g/mol. The van der Waals surface area contributed by atoms with Crippen LogP contribution in [-0.4, -0.2) is 0 Å². The molecule has 0 heteroatoms. The van der Waals surface area contributed by atoms with Crippen LogP contribution < -0.4 is 0 Å². The fraction of sp³-hybridized carbons (Fsp3) is 1.00. The van der Waals surface area contributed by atoms with E-state index in [0.29, 0.717) is 0 Å². The molecule has 0 aromatic rings. The van der Waals surface area contributed by atoms with Gasteiger partial charge in [0.2, 0.25) is 0 Å². The summed E-state index contributed by atoms with van der Waals surface area (Å²) in [6.45, 7) is 0. The van der Waals surface area contributed by atoms with E-state index in [0.717, 1.165) is 357 Å². The first-order valence-electron chi connectivity index (χ1n) is 69.7. The second-order valence-corrected chi connectivity index (χ2v) is 92.0. The van der Waals surface area contributed by atoms with Crippen LogP contribution in [-0.2, 0) is 0 Å². The monoisotopic (exact) mass is 1760 g/mol. The summed E-state index contributed by atoms with van der Waals surface area (Å²) in [6, 6.07) is 0. The molecule has 132 unspecified atom stereocenters. The normalized spacial score (nSPS) is 145. The maximum Gasteiger partial charge on any atom is -0.00502 e. The Kier molecular flexibility index (Phi) is 2.37. The summed E-state index contributed by atoms with van der Waals surface area (Å²) in [5.74, 6) is 101. The van der Waals surface area contributed by atoms with E-state index in [4.69, 9.17) is 0 Å². The minimum absolute atomic E-state index is 1.09. The highest BCUT2D eigenvalue weighted by Crippen LogP contribution is 3.75. The quantitative estimate of drug-likeness (QED) is 0.227. The molecule has 0 aliphatic heterocycles. The van der Waals surface area contributed by atoms with Crippen LogP contribution in [0.2, 0.25) is 0 Å². The van der Waals surface area contributed by atoms with Crippen LogP contribution in [0.4, 0.5) is 0 Å². The molecule has 638 valence electrons. The van der Waals surface area contributed by atoms with Crippen LogP contribution in [0.15, 0.2) is 0 Å². The maximum atomic E-state index is 1.85. The summed E-state index contributed by atoms with van der Waals surface area (Å²) in [5.41, 5.74) is 73.9. The van der Waals surface area contributed by atoms with Crippen molar-refractivity contribution in [2.75, 3.05) is 0 Å². The van der Waals surface area contributed by atoms with Gasteiger partial charge in [0.1, 0.15) is 0 Å². The molecule has 102 aliphatic rings. The van der Waals surface area contributed by atoms with Crippen LogP contribution >= 0.6 is 0 Å². The first-order valence-corrected chi connectivity index (χ1v) is 69.7. The zero-order valence-corrected chi connectivity index (χ0v) is 76.2. The topological polar surface area (TPSA) is 0 Å². The van der Waals surface area contributed by atoms with Gasteiger partial charge in [-0.05, 0) is 797 Å². The van der Waals surface area contributed by atoms with E-state index in [1.807, 2.05) is 25.7 Å². The smallest absolute Gasteiger partial charge is 0.00502 e. The molecule has 0 aromatic heterocycles. The molecule has 0 saturated heterocycles. The predicted molar refractivity (Wildman–Crippen MR) is 443 cm³/mol.